The van der Waals surface area contributed by atoms with Crippen molar-refractivity contribution in [2.45, 2.75) is 19.8 Å². The molecule has 0 fully saturated rings. The molecule has 0 bridgehead atoms. The van der Waals surface area contributed by atoms with Crippen molar-refractivity contribution in [2.24, 2.45) is 5.73 Å². The third kappa shape index (κ3) is 3.58. The van der Waals surface area contributed by atoms with Crippen LogP contribution in [0.25, 0.3) is 17.0 Å². The second-order valence-electron chi connectivity index (χ2n) is 7.41. The summed E-state index contributed by atoms with van der Waals surface area (Å²) in [4.78, 5) is 25.5. The van der Waals surface area contributed by atoms with Crippen LogP contribution in [0.1, 0.15) is 27.3 Å². The van der Waals surface area contributed by atoms with Crippen molar-refractivity contribution in [2.75, 3.05) is 5.32 Å². The Labute approximate surface area is 182 Å². The Hall–Kier alpha value is -3.80. The van der Waals surface area contributed by atoms with E-state index in [1.807, 2.05) is 12.1 Å². The van der Waals surface area contributed by atoms with E-state index in [1.165, 1.54) is 6.33 Å². The second-order valence-corrected chi connectivity index (χ2v) is 7.41. The highest BCUT2D eigenvalue weighted by Crippen LogP contribution is 2.29. The topological polar surface area (TPSA) is 148 Å². The maximum Gasteiger partial charge on any atom is 0.488 e. The Bertz CT molecular complexity index is 1340. The first-order valence-electron chi connectivity index (χ1n) is 9.94. The van der Waals surface area contributed by atoms with Crippen molar-refractivity contribution in [3.05, 3.63) is 71.3 Å². The van der Waals surface area contributed by atoms with Crippen LogP contribution in [0.4, 0.5) is 5.82 Å². The number of hydrogen-bond acceptors (Lipinski definition) is 8. The zero-order valence-electron chi connectivity index (χ0n) is 16.9. The molecule has 0 atom stereocenters. The minimum absolute atomic E-state index is 0.315. The largest absolute Gasteiger partial charge is 0.488 e. The Morgan fingerprint density at radius 2 is 2.03 bits per heavy atom. The molecular formula is C21H19BN6O4. The molecule has 0 spiro atoms. The Morgan fingerprint density at radius 3 is 2.84 bits per heavy atom. The predicted molar refractivity (Wildman–Crippen MR) is 117 cm³/mol. The Kier molecular flexibility index (Phi) is 5.06. The first-order valence-corrected chi connectivity index (χ1v) is 9.94. The standard InChI is InChI=1S/C21H19BN6O4/c23-19(29)17-6-2-5-16-18(25-11-28(16)17)21-26-15-10-32-9-14(15)20(27-21)24-8-12-3-1-4-13(7-12)22(30)31/h1-7,11,30-31H,8-10H2,(H2,23,29)(H,24,26,27). The third-order valence-corrected chi connectivity index (χ3v) is 5.32. The zero-order valence-corrected chi connectivity index (χ0v) is 16.9. The molecule has 0 radical (unpaired) electrons. The van der Waals surface area contributed by atoms with E-state index in [2.05, 4.69) is 15.3 Å². The number of nitrogens with zero attached hydrogens (tertiary/aromatic N) is 4. The minimum Gasteiger partial charge on any atom is -0.423 e. The van der Waals surface area contributed by atoms with Gasteiger partial charge in [-0.3, -0.25) is 9.20 Å². The van der Waals surface area contributed by atoms with Crippen molar-refractivity contribution in [1.29, 1.82) is 0 Å². The second kappa shape index (κ2) is 8.04. The molecule has 0 saturated heterocycles. The molecule has 5 N–H and O–H groups in total. The van der Waals surface area contributed by atoms with Crippen LogP contribution in [0.5, 0.6) is 0 Å². The molecule has 5 rings (SSSR count). The van der Waals surface area contributed by atoms with E-state index in [1.54, 1.807) is 34.7 Å². The van der Waals surface area contributed by atoms with Gasteiger partial charge >= 0.3 is 7.12 Å². The molecule has 1 aliphatic rings. The third-order valence-electron chi connectivity index (χ3n) is 5.32. The van der Waals surface area contributed by atoms with Gasteiger partial charge in [0.15, 0.2) is 5.82 Å². The molecule has 1 aromatic carbocycles. The number of hydrogen-bond donors (Lipinski definition) is 4. The number of imidazole rings is 1. The molecule has 160 valence electrons. The highest BCUT2D eigenvalue weighted by Gasteiger charge is 2.23. The van der Waals surface area contributed by atoms with E-state index in [0.29, 0.717) is 53.8 Å². The maximum absolute atomic E-state index is 11.7. The number of rotatable bonds is 6. The van der Waals surface area contributed by atoms with Gasteiger partial charge in [-0.05, 0) is 23.2 Å². The fraction of sp³-hybridized carbons (Fsp3) is 0.143. The van der Waals surface area contributed by atoms with Crippen molar-refractivity contribution in [1.82, 2.24) is 19.4 Å². The van der Waals surface area contributed by atoms with Crippen LogP contribution in [-0.4, -0.2) is 42.4 Å². The molecule has 4 heterocycles. The number of amides is 1. The Balaban J connectivity index is 1.52. The summed E-state index contributed by atoms with van der Waals surface area (Å²) >= 11 is 0. The van der Waals surface area contributed by atoms with Gasteiger partial charge in [-0.1, -0.05) is 30.3 Å². The van der Waals surface area contributed by atoms with E-state index < -0.39 is 13.0 Å². The SMILES string of the molecule is NC(=O)c1cccc2c(-c3nc4c(c(NCc5cccc(B(O)O)c5)n3)COC4)ncn12. The fourth-order valence-corrected chi connectivity index (χ4v) is 3.75. The van der Waals surface area contributed by atoms with Crippen molar-refractivity contribution in [3.8, 4) is 11.5 Å². The summed E-state index contributed by atoms with van der Waals surface area (Å²) in [7, 11) is -1.53. The lowest BCUT2D eigenvalue weighted by atomic mass is 9.80. The van der Waals surface area contributed by atoms with Crippen LogP contribution in [0.3, 0.4) is 0 Å². The Morgan fingerprint density at radius 1 is 1.19 bits per heavy atom. The average molecular weight is 430 g/mol. The van der Waals surface area contributed by atoms with Gasteiger partial charge in [-0.25, -0.2) is 15.0 Å². The molecule has 0 unspecified atom stereocenters. The quantitative estimate of drug-likeness (QED) is 0.318. The number of nitrogens with one attached hydrogen (secondary N) is 1. The molecule has 3 aromatic heterocycles. The van der Waals surface area contributed by atoms with E-state index in [9.17, 15) is 14.8 Å². The molecule has 10 nitrogen and oxygen atoms in total. The van der Waals surface area contributed by atoms with Crippen molar-refractivity contribution >= 4 is 29.8 Å². The average Bonchev–Trinajstić information content (AvgIpc) is 3.44. The highest BCUT2D eigenvalue weighted by atomic mass is 16.5. The fourth-order valence-electron chi connectivity index (χ4n) is 3.75. The molecule has 32 heavy (non-hydrogen) atoms. The molecule has 1 aliphatic heterocycles. The minimum atomic E-state index is -1.53. The smallest absolute Gasteiger partial charge is 0.423 e. The molecule has 4 aromatic rings. The molecular weight excluding hydrogens is 411 g/mol. The van der Waals surface area contributed by atoms with Gasteiger partial charge < -0.3 is 25.8 Å². The van der Waals surface area contributed by atoms with Crippen molar-refractivity contribution < 1.29 is 19.6 Å². The lowest BCUT2D eigenvalue weighted by molar-refractivity contribution is 0.0994. The van der Waals surface area contributed by atoms with Gasteiger partial charge in [0.25, 0.3) is 5.91 Å². The first kappa shape index (κ1) is 20.1. The van der Waals surface area contributed by atoms with Gasteiger partial charge in [-0.15, -0.1) is 0 Å². The summed E-state index contributed by atoms with van der Waals surface area (Å²) in [5.74, 6) is 0.463. The van der Waals surface area contributed by atoms with E-state index in [4.69, 9.17) is 15.5 Å². The lowest BCUT2D eigenvalue weighted by Crippen LogP contribution is -2.30. The van der Waals surface area contributed by atoms with Gasteiger partial charge in [0, 0.05) is 12.1 Å². The molecule has 0 saturated carbocycles. The van der Waals surface area contributed by atoms with Gasteiger partial charge in [0.1, 0.15) is 23.5 Å². The summed E-state index contributed by atoms with van der Waals surface area (Å²) in [6, 6.07) is 12.2. The number of carbonyl (C=O) groups is 1. The van der Waals surface area contributed by atoms with Crippen LogP contribution in [-0.2, 0) is 24.5 Å². The summed E-state index contributed by atoms with van der Waals surface area (Å²) in [5, 5.41) is 22.1. The number of pyridine rings is 1. The number of primary amides is 1. The molecule has 1 amide bonds. The van der Waals surface area contributed by atoms with Gasteiger partial charge in [0.2, 0.25) is 0 Å². The number of carbonyl (C=O) groups excluding carboxylic acids is 1. The van der Waals surface area contributed by atoms with E-state index in [-0.39, 0.29) is 0 Å². The zero-order chi connectivity index (χ0) is 22.2. The maximum atomic E-state index is 11.7. The number of anilines is 1. The van der Waals surface area contributed by atoms with E-state index in [0.717, 1.165) is 16.8 Å². The number of aromatic nitrogens is 4. The first-order chi connectivity index (χ1) is 15.5. The monoisotopic (exact) mass is 430 g/mol. The van der Waals surface area contributed by atoms with Gasteiger partial charge in [-0.2, -0.15) is 0 Å². The van der Waals surface area contributed by atoms with Gasteiger partial charge in [0.05, 0.1) is 24.4 Å². The van der Waals surface area contributed by atoms with Crippen molar-refractivity contribution in [3.63, 3.8) is 0 Å². The lowest BCUT2D eigenvalue weighted by Gasteiger charge is -2.12. The summed E-state index contributed by atoms with van der Waals surface area (Å²) in [6.45, 7) is 1.17. The highest BCUT2D eigenvalue weighted by molar-refractivity contribution is 6.58. The predicted octanol–water partition coefficient (Wildman–Crippen LogP) is 0.212. The van der Waals surface area contributed by atoms with Crippen LogP contribution < -0.4 is 16.5 Å². The number of ether oxygens (including phenoxy) is 1. The summed E-state index contributed by atoms with van der Waals surface area (Å²) in [5.41, 5.74) is 9.89. The normalized spacial score (nSPS) is 12.7. The van der Waals surface area contributed by atoms with Crippen LogP contribution in [0.15, 0.2) is 48.8 Å². The number of nitrogens with two attached hydrogens (primary N) is 1. The number of benzene rings is 1. The van der Waals surface area contributed by atoms with E-state index >= 15 is 0 Å². The van der Waals surface area contributed by atoms with Crippen LogP contribution in [0, 0.1) is 0 Å². The van der Waals surface area contributed by atoms with Crippen LogP contribution in [0.2, 0.25) is 0 Å². The molecule has 0 aliphatic carbocycles. The summed E-state index contributed by atoms with van der Waals surface area (Å²) in [6.07, 6.45) is 1.52. The van der Waals surface area contributed by atoms with Crippen LogP contribution >= 0.6 is 0 Å². The summed E-state index contributed by atoms with van der Waals surface area (Å²) < 4.78 is 7.19. The number of fused-ring (bicyclic) bond motifs is 2. The molecule has 11 heteroatoms.